The third-order valence-electron chi connectivity index (χ3n) is 1.86. The second-order valence-corrected chi connectivity index (χ2v) is 3.62. The summed E-state index contributed by atoms with van der Waals surface area (Å²) in [6, 6.07) is 9.21. The molecular formula is C13H21NO4. The van der Waals surface area contributed by atoms with Crippen molar-refractivity contribution in [2.45, 2.75) is 33.0 Å². The first kappa shape index (κ1) is 16.2. The zero-order valence-corrected chi connectivity index (χ0v) is 10.8. The molecule has 102 valence electrons. The van der Waals surface area contributed by atoms with E-state index in [1.54, 1.807) is 19.1 Å². The number of nitrogens with one attached hydrogen (secondary N) is 1. The second-order valence-electron chi connectivity index (χ2n) is 3.62. The molecule has 0 aromatic heterocycles. The van der Waals surface area contributed by atoms with E-state index >= 15 is 0 Å². The van der Waals surface area contributed by atoms with Crippen molar-refractivity contribution in [3.63, 3.8) is 0 Å². The number of hydrogen-bond acceptors (Lipinski definition) is 3. The van der Waals surface area contributed by atoms with E-state index in [0.717, 1.165) is 12.8 Å². The van der Waals surface area contributed by atoms with E-state index in [-0.39, 0.29) is 0 Å². The summed E-state index contributed by atoms with van der Waals surface area (Å²) in [6.07, 6.45) is 0.285. The number of carboxylic acid groups (broad SMARTS) is 1. The zero-order chi connectivity index (χ0) is 13.8. The van der Waals surface area contributed by atoms with E-state index < -0.39 is 12.4 Å². The molecule has 0 saturated carbocycles. The van der Waals surface area contributed by atoms with Gasteiger partial charge in [0.2, 0.25) is 0 Å². The maximum Gasteiger partial charge on any atom is 0.404 e. The molecule has 0 saturated heterocycles. The van der Waals surface area contributed by atoms with Gasteiger partial charge in [0.1, 0.15) is 5.75 Å². The van der Waals surface area contributed by atoms with Gasteiger partial charge in [-0.25, -0.2) is 4.79 Å². The summed E-state index contributed by atoms with van der Waals surface area (Å²) in [6.45, 7) is 4.17. The third-order valence-corrected chi connectivity index (χ3v) is 1.86. The van der Waals surface area contributed by atoms with Crippen molar-refractivity contribution in [3.8, 4) is 5.75 Å². The molecular weight excluding hydrogens is 234 g/mol. The van der Waals surface area contributed by atoms with Crippen LogP contribution in [0.25, 0.3) is 0 Å². The van der Waals surface area contributed by atoms with Crippen molar-refractivity contribution in [3.05, 3.63) is 30.3 Å². The van der Waals surface area contributed by atoms with Crippen molar-refractivity contribution < 1.29 is 19.7 Å². The number of carbonyl (C=O) groups is 1. The highest BCUT2D eigenvalue weighted by molar-refractivity contribution is 5.64. The van der Waals surface area contributed by atoms with Crippen LogP contribution in [0.15, 0.2) is 30.3 Å². The minimum absolute atomic E-state index is 0.575. The summed E-state index contributed by atoms with van der Waals surface area (Å²) in [5, 5.41) is 19.1. The fourth-order valence-corrected chi connectivity index (χ4v) is 1.07. The lowest BCUT2D eigenvalue weighted by molar-refractivity contribution is -0.000291. The number of aliphatic hydroxyl groups excluding tert-OH is 1. The number of hydrogen-bond donors (Lipinski definition) is 3. The lowest BCUT2D eigenvalue weighted by Crippen LogP contribution is -2.21. The zero-order valence-electron chi connectivity index (χ0n) is 10.8. The molecule has 18 heavy (non-hydrogen) atoms. The molecule has 5 nitrogen and oxygen atoms in total. The average molecular weight is 255 g/mol. The summed E-state index contributed by atoms with van der Waals surface area (Å²) < 4.78 is 4.97. The molecule has 0 aliphatic heterocycles. The number of ether oxygens (including phenoxy) is 1. The van der Waals surface area contributed by atoms with Crippen molar-refractivity contribution in [1.82, 2.24) is 5.32 Å². The molecule has 1 amide bonds. The number of unbranched alkanes of at least 4 members (excludes halogenated alkanes) is 1. The molecule has 0 radical (unpaired) electrons. The second kappa shape index (κ2) is 10.4. The maximum absolute atomic E-state index is 9.76. The van der Waals surface area contributed by atoms with Crippen molar-refractivity contribution >= 4 is 6.09 Å². The minimum atomic E-state index is -0.932. The standard InChI is InChI=1S/C8H10O2.C5H11NO2/c1-7(9)10-8-5-3-2-4-6-8;1-2-3-4-6-5(7)8/h2-7,9H,1H3;6H,2-4H2,1H3,(H,7,8). The Balaban J connectivity index is 0.000000331. The van der Waals surface area contributed by atoms with Crippen LogP contribution in [0.3, 0.4) is 0 Å². The van der Waals surface area contributed by atoms with E-state index in [0.29, 0.717) is 12.3 Å². The highest BCUT2D eigenvalue weighted by Crippen LogP contribution is 2.09. The Bertz CT molecular complexity index is 314. The predicted octanol–water partition coefficient (Wildman–Crippen LogP) is 2.46. The van der Waals surface area contributed by atoms with Crippen LogP contribution < -0.4 is 10.1 Å². The highest BCUT2D eigenvalue weighted by Gasteiger charge is 1.94. The maximum atomic E-state index is 9.76. The van der Waals surface area contributed by atoms with Gasteiger partial charge in [-0.1, -0.05) is 31.5 Å². The SMILES string of the molecule is CC(O)Oc1ccccc1.CCCCNC(=O)O. The molecule has 5 heteroatoms. The topological polar surface area (TPSA) is 78.8 Å². The van der Waals surface area contributed by atoms with Gasteiger partial charge in [0.05, 0.1) is 0 Å². The Morgan fingerprint density at radius 2 is 2.00 bits per heavy atom. The van der Waals surface area contributed by atoms with Gasteiger partial charge in [0.25, 0.3) is 0 Å². The molecule has 3 N–H and O–H groups in total. The van der Waals surface area contributed by atoms with E-state index in [1.165, 1.54) is 0 Å². The highest BCUT2D eigenvalue weighted by atomic mass is 16.6. The first-order chi connectivity index (χ1) is 8.56. The van der Waals surface area contributed by atoms with E-state index in [1.807, 2.05) is 25.1 Å². The largest absolute Gasteiger partial charge is 0.465 e. The Morgan fingerprint density at radius 3 is 2.44 bits per heavy atom. The van der Waals surface area contributed by atoms with Crippen molar-refractivity contribution in [2.24, 2.45) is 0 Å². The first-order valence-electron chi connectivity index (χ1n) is 5.92. The molecule has 1 rings (SSSR count). The van der Waals surface area contributed by atoms with Crippen LogP contribution in [0.2, 0.25) is 0 Å². The number of benzene rings is 1. The molecule has 1 aromatic rings. The van der Waals surface area contributed by atoms with E-state index in [4.69, 9.17) is 14.9 Å². The quantitative estimate of drug-likeness (QED) is 0.558. The lowest BCUT2D eigenvalue weighted by atomic mass is 10.3. The number of para-hydroxylation sites is 1. The van der Waals surface area contributed by atoms with Gasteiger partial charge in [0, 0.05) is 6.54 Å². The Labute approximate surface area is 107 Å². The molecule has 0 heterocycles. The van der Waals surface area contributed by atoms with E-state index in [9.17, 15) is 4.79 Å². The molecule has 1 atom stereocenters. The molecule has 1 unspecified atom stereocenters. The van der Waals surface area contributed by atoms with Gasteiger partial charge >= 0.3 is 6.09 Å². The number of amides is 1. The molecule has 0 aliphatic carbocycles. The normalized spacial score (nSPS) is 10.8. The molecule has 0 aliphatic rings. The van der Waals surface area contributed by atoms with Gasteiger partial charge in [-0.05, 0) is 25.5 Å². The fraction of sp³-hybridized carbons (Fsp3) is 0.462. The van der Waals surface area contributed by atoms with E-state index in [2.05, 4.69) is 5.32 Å². The third kappa shape index (κ3) is 10.8. The van der Waals surface area contributed by atoms with Crippen LogP contribution in [0.1, 0.15) is 26.7 Å². The summed E-state index contributed by atoms with van der Waals surface area (Å²) in [4.78, 5) is 9.76. The summed E-state index contributed by atoms with van der Waals surface area (Å²) >= 11 is 0. The van der Waals surface area contributed by atoms with Crippen molar-refractivity contribution in [1.29, 1.82) is 0 Å². The average Bonchev–Trinajstić information content (AvgIpc) is 2.30. The van der Waals surface area contributed by atoms with Crippen LogP contribution in [0.4, 0.5) is 4.79 Å². The van der Waals surface area contributed by atoms with Crippen LogP contribution in [-0.4, -0.2) is 29.1 Å². The molecule has 0 fully saturated rings. The first-order valence-corrected chi connectivity index (χ1v) is 5.92. The van der Waals surface area contributed by atoms with Gasteiger partial charge in [-0.3, -0.25) is 0 Å². The van der Waals surface area contributed by atoms with Crippen LogP contribution >= 0.6 is 0 Å². The summed E-state index contributed by atoms with van der Waals surface area (Å²) in [5.41, 5.74) is 0. The summed E-state index contributed by atoms with van der Waals surface area (Å²) in [7, 11) is 0. The van der Waals surface area contributed by atoms with Gasteiger partial charge in [-0.2, -0.15) is 0 Å². The number of rotatable bonds is 5. The van der Waals surface area contributed by atoms with Gasteiger partial charge < -0.3 is 20.3 Å². The monoisotopic (exact) mass is 255 g/mol. The molecule has 0 bridgehead atoms. The van der Waals surface area contributed by atoms with Crippen LogP contribution in [-0.2, 0) is 0 Å². The van der Waals surface area contributed by atoms with Crippen LogP contribution in [0, 0.1) is 0 Å². The number of aliphatic hydroxyl groups is 1. The Hall–Kier alpha value is -1.75. The van der Waals surface area contributed by atoms with Gasteiger partial charge in [0.15, 0.2) is 6.29 Å². The Morgan fingerprint density at radius 1 is 1.39 bits per heavy atom. The summed E-state index contributed by atoms with van der Waals surface area (Å²) in [5.74, 6) is 0.692. The fourth-order valence-electron chi connectivity index (χ4n) is 1.07. The minimum Gasteiger partial charge on any atom is -0.465 e. The van der Waals surface area contributed by atoms with Crippen molar-refractivity contribution in [2.75, 3.05) is 6.54 Å². The van der Waals surface area contributed by atoms with Crippen LogP contribution in [0.5, 0.6) is 5.75 Å². The predicted molar refractivity (Wildman–Crippen MR) is 69.7 cm³/mol. The van der Waals surface area contributed by atoms with Gasteiger partial charge in [-0.15, -0.1) is 0 Å². The smallest absolute Gasteiger partial charge is 0.404 e. The molecule has 1 aromatic carbocycles. The Kier molecular flexibility index (Phi) is 9.40. The molecule has 0 spiro atoms. The lowest BCUT2D eigenvalue weighted by Gasteiger charge is -2.06.